The zero-order valence-electron chi connectivity index (χ0n) is 12.4. The van der Waals surface area contributed by atoms with Crippen molar-refractivity contribution in [3.8, 4) is 0 Å². The third kappa shape index (κ3) is 4.81. The lowest BCUT2D eigenvalue weighted by Crippen LogP contribution is -2.45. The molecule has 1 aliphatic heterocycles. The molecule has 1 aromatic heterocycles. The summed E-state index contributed by atoms with van der Waals surface area (Å²) in [5.41, 5.74) is 0. The van der Waals surface area contributed by atoms with E-state index in [-0.39, 0.29) is 17.9 Å². The number of nitrogens with zero attached hydrogens (tertiary/aromatic N) is 1. The van der Waals surface area contributed by atoms with E-state index in [1.54, 1.807) is 11.3 Å². The van der Waals surface area contributed by atoms with Gasteiger partial charge in [0.25, 0.3) is 0 Å². The summed E-state index contributed by atoms with van der Waals surface area (Å²) in [6.45, 7) is 5.33. The van der Waals surface area contributed by atoms with E-state index in [0.717, 1.165) is 10.2 Å². The average molecular weight is 373 g/mol. The van der Waals surface area contributed by atoms with Crippen molar-refractivity contribution in [2.45, 2.75) is 39.2 Å². The Kier molecular flexibility index (Phi) is 5.81. The largest absolute Gasteiger partial charge is 0.344 e. The molecule has 0 spiro atoms. The van der Waals surface area contributed by atoms with E-state index in [4.69, 9.17) is 0 Å². The minimum Gasteiger partial charge on any atom is -0.344 e. The summed E-state index contributed by atoms with van der Waals surface area (Å²) >= 11 is 5.14. The van der Waals surface area contributed by atoms with Gasteiger partial charge in [0.1, 0.15) is 6.04 Å². The van der Waals surface area contributed by atoms with Gasteiger partial charge >= 0.3 is 0 Å². The van der Waals surface area contributed by atoms with Gasteiger partial charge in [0.2, 0.25) is 11.8 Å². The number of nitrogens with one attached hydrogen (secondary N) is 1. The van der Waals surface area contributed by atoms with Crippen molar-refractivity contribution in [1.82, 2.24) is 10.2 Å². The molecule has 0 aromatic carbocycles. The maximum Gasteiger partial charge on any atom is 0.245 e. The second-order valence-corrected chi connectivity index (χ2v) is 8.33. The van der Waals surface area contributed by atoms with Gasteiger partial charge in [0.15, 0.2) is 0 Å². The van der Waals surface area contributed by atoms with E-state index >= 15 is 0 Å². The number of hydrogen-bond donors (Lipinski definition) is 1. The van der Waals surface area contributed by atoms with Crippen LogP contribution in [-0.2, 0) is 16.0 Å². The van der Waals surface area contributed by atoms with E-state index < -0.39 is 0 Å². The highest BCUT2D eigenvalue weighted by molar-refractivity contribution is 9.11. The van der Waals surface area contributed by atoms with Crippen molar-refractivity contribution in [3.63, 3.8) is 0 Å². The van der Waals surface area contributed by atoms with Crippen LogP contribution in [0.3, 0.4) is 0 Å². The summed E-state index contributed by atoms with van der Waals surface area (Å²) in [7, 11) is 0. The van der Waals surface area contributed by atoms with Crippen LogP contribution in [0.1, 0.15) is 31.6 Å². The number of rotatable bonds is 5. The summed E-state index contributed by atoms with van der Waals surface area (Å²) in [4.78, 5) is 27.4. The first-order chi connectivity index (χ1) is 9.95. The Bertz CT molecular complexity index is 516. The molecule has 2 amide bonds. The van der Waals surface area contributed by atoms with Crippen molar-refractivity contribution in [1.29, 1.82) is 0 Å². The molecule has 1 N–H and O–H groups in total. The van der Waals surface area contributed by atoms with Gasteiger partial charge in [0.05, 0.1) is 3.79 Å². The third-order valence-corrected chi connectivity index (χ3v) is 5.20. The molecule has 0 bridgehead atoms. The highest BCUT2D eigenvalue weighted by Gasteiger charge is 2.29. The molecule has 21 heavy (non-hydrogen) atoms. The van der Waals surface area contributed by atoms with E-state index in [1.165, 1.54) is 4.88 Å². The van der Waals surface area contributed by atoms with Crippen LogP contribution in [0.25, 0.3) is 0 Å². The molecule has 1 aromatic rings. The predicted molar refractivity (Wildman–Crippen MR) is 88.3 cm³/mol. The Morgan fingerprint density at radius 2 is 2.19 bits per heavy atom. The Hall–Kier alpha value is -0.880. The zero-order valence-corrected chi connectivity index (χ0v) is 14.8. The molecule has 2 heterocycles. The summed E-state index contributed by atoms with van der Waals surface area (Å²) in [5, 5.41) is 2.86. The molecular weight excluding hydrogens is 352 g/mol. The lowest BCUT2D eigenvalue weighted by molar-refractivity contribution is -0.133. The Morgan fingerprint density at radius 3 is 2.81 bits per heavy atom. The van der Waals surface area contributed by atoms with Crippen molar-refractivity contribution < 1.29 is 9.59 Å². The van der Waals surface area contributed by atoms with Gasteiger partial charge in [-0.1, -0.05) is 13.8 Å². The number of hydrogen-bond acceptors (Lipinski definition) is 3. The molecule has 6 heteroatoms. The first kappa shape index (κ1) is 16.5. The smallest absolute Gasteiger partial charge is 0.245 e. The molecule has 116 valence electrons. The lowest BCUT2D eigenvalue weighted by Gasteiger charge is -2.24. The highest BCUT2D eigenvalue weighted by Crippen LogP contribution is 2.23. The molecule has 4 nitrogen and oxygen atoms in total. The predicted octanol–water partition coefficient (Wildman–Crippen LogP) is 2.82. The van der Waals surface area contributed by atoms with E-state index in [9.17, 15) is 9.59 Å². The quantitative estimate of drug-likeness (QED) is 0.863. The Morgan fingerprint density at radius 1 is 1.43 bits per heavy atom. The zero-order chi connectivity index (χ0) is 15.4. The van der Waals surface area contributed by atoms with Crippen LogP contribution in [0.4, 0.5) is 0 Å². The fraction of sp³-hybridized carbons (Fsp3) is 0.600. The first-order valence-electron chi connectivity index (χ1n) is 7.28. The maximum absolute atomic E-state index is 12.6. The molecule has 1 saturated heterocycles. The number of carbonyl (C=O) groups is 2. The summed E-state index contributed by atoms with van der Waals surface area (Å²) in [6.07, 6.45) is 1.94. The standard InChI is InChI=1S/C15H21BrN2O2S/c1-10(2)9-12-15(20)18(8-6-14(19)17-12)7-5-11-3-4-13(16)21-11/h3-4,10,12H,5-9H2,1-2H3,(H,17,19). The summed E-state index contributed by atoms with van der Waals surface area (Å²) < 4.78 is 1.11. The lowest BCUT2D eigenvalue weighted by atomic mass is 10.0. The number of carbonyl (C=O) groups excluding carboxylic acids is 2. The normalized spacial score (nSPS) is 19.8. The third-order valence-electron chi connectivity index (χ3n) is 3.52. The first-order valence-corrected chi connectivity index (χ1v) is 8.89. The Labute approximate surface area is 138 Å². The van der Waals surface area contributed by atoms with Gasteiger partial charge in [-0.3, -0.25) is 9.59 Å². The molecule has 2 rings (SSSR count). The molecule has 1 aliphatic rings. The number of thiophene rings is 1. The highest BCUT2D eigenvalue weighted by atomic mass is 79.9. The van der Waals surface area contributed by atoms with Crippen LogP contribution in [-0.4, -0.2) is 35.8 Å². The van der Waals surface area contributed by atoms with Crippen molar-refractivity contribution >= 4 is 39.1 Å². The monoisotopic (exact) mass is 372 g/mol. The van der Waals surface area contributed by atoms with Gasteiger partial charge in [0, 0.05) is 24.4 Å². The minimum atomic E-state index is -0.366. The molecule has 0 radical (unpaired) electrons. The van der Waals surface area contributed by atoms with Gasteiger partial charge in [-0.15, -0.1) is 11.3 Å². The van der Waals surface area contributed by atoms with Crippen molar-refractivity contribution in [3.05, 3.63) is 20.8 Å². The second-order valence-electron chi connectivity index (χ2n) is 5.78. The fourth-order valence-corrected chi connectivity index (χ4v) is 3.95. The van der Waals surface area contributed by atoms with Crippen LogP contribution in [0.5, 0.6) is 0 Å². The molecule has 1 atom stereocenters. The maximum atomic E-state index is 12.6. The average Bonchev–Trinajstić information content (AvgIpc) is 2.77. The van der Waals surface area contributed by atoms with Gasteiger partial charge in [-0.05, 0) is 46.8 Å². The minimum absolute atomic E-state index is 0.0182. The summed E-state index contributed by atoms with van der Waals surface area (Å²) in [5.74, 6) is 0.424. The second kappa shape index (κ2) is 7.40. The van der Waals surface area contributed by atoms with Crippen LogP contribution in [0, 0.1) is 5.92 Å². The Balaban J connectivity index is 1.99. The van der Waals surface area contributed by atoms with E-state index in [1.807, 2.05) is 11.0 Å². The van der Waals surface area contributed by atoms with Crippen LogP contribution >= 0.6 is 27.3 Å². The fourth-order valence-electron chi connectivity index (χ4n) is 2.48. The van der Waals surface area contributed by atoms with Gasteiger partial charge in [-0.2, -0.15) is 0 Å². The van der Waals surface area contributed by atoms with Gasteiger partial charge < -0.3 is 10.2 Å². The molecule has 1 fully saturated rings. The molecular formula is C15H21BrN2O2S. The van der Waals surface area contributed by atoms with E-state index in [2.05, 4.69) is 41.2 Å². The molecule has 1 unspecified atom stereocenters. The summed E-state index contributed by atoms with van der Waals surface area (Å²) in [6, 6.07) is 3.73. The van der Waals surface area contributed by atoms with Gasteiger partial charge in [-0.25, -0.2) is 0 Å². The van der Waals surface area contributed by atoms with Crippen molar-refractivity contribution in [2.24, 2.45) is 5.92 Å². The number of halogens is 1. The molecule has 0 aliphatic carbocycles. The van der Waals surface area contributed by atoms with E-state index in [0.29, 0.717) is 31.8 Å². The van der Waals surface area contributed by atoms with Crippen LogP contribution < -0.4 is 5.32 Å². The topological polar surface area (TPSA) is 49.4 Å². The van der Waals surface area contributed by atoms with Crippen molar-refractivity contribution in [2.75, 3.05) is 13.1 Å². The van der Waals surface area contributed by atoms with Crippen LogP contribution in [0.2, 0.25) is 0 Å². The van der Waals surface area contributed by atoms with Crippen LogP contribution in [0.15, 0.2) is 15.9 Å². The SMILES string of the molecule is CC(C)CC1NC(=O)CCN(CCc2ccc(Br)s2)C1=O. The number of amides is 2. The molecule has 0 saturated carbocycles.